The maximum atomic E-state index is 13.0. The Morgan fingerprint density at radius 3 is 2.45 bits per heavy atom. The number of hydrogen-bond acceptors (Lipinski definition) is 5. The number of hydrogen-bond donors (Lipinski definition) is 1. The summed E-state index contributed by atoms with van der Waals surface area (Å²) in [7, 11) is 0. The molecule has 2 aromatic carbocycles. The lowest BCUT2D eigenvalue weighted by Gasteiger charge is -2.11. The highest BCUT2D eigenvalue weighted by molar-refractivity contribution is 6.10. The topological polar surface area (TPSA) is 113 Å². The van der Waals surface area contributed by atoms with Crippen molar-refractivity contribution in [3.8, 4) is 0 Å². The zero-order valence-corrected chi connectivity index (χ0v) is 14.8. The van der Waals surface area contributed by atoms with Crippen molar-refractivity contribution in [3.05, 3.63) is 58.7 Å². The van der Waals surface area contributed by atoms with E-state index in [2.05, 4.69) is 25.5 Å². The highest BCUT2D eigenvalue weighted by atomic mass is 19.4. The lowest BCUT2D eigenvalue weighted by atomic mass is 10.2. The number of azo groups is 1. The van der Waals surface area contributed by atoms with Crippen LogP contribution in [0.2, 0.25) is 0 Å². The number of carbonyl (C=O) groups excluding carboxylic acids is 3. The Bertz CT molecular complexity index is 1160. The molecule has 1 aliphatic rings. The summed E-state index contributed by atoms with van der Waals surface area (Å²) < 4.78 is 39.1. The molecule has 1 heterocycles. The standard InChI is InChI=1S/C18H12F3N5O3/c1-9(27)15(26-25-12-5-3-2-4-11(12)18(19,20)21)16(28)22-10-6-7-13-14(8-10)24-17(29)23-13/h2-8,15H,1H3,(H,22,28). The first kappa shape index (κ1) is 20.0. The van der Waals surface area contributed by atoms with Crippen LogP contribution < -0.4 is 16.0 Å². The largest absolute Gasteiger partial charge is 0.418 e. The van der Waals surface area contributed by atoms with Gasteiger partial charge in [0.2, 0.25) is 6.04 Å². The molecule has 29 heavy (non-hydrogen) atoms. The van der Waals surface area contributed by atoms with Gasteiger partial charge in [-0.3, -0.25) is 9.59 Å². The normalized spacial score (nSPS) is 14.1. The first-order valence-corrected chi connectivity index (χ1v) is 8.15. The van der Waals surface area contributed by atoms with Crippen molar-refractivity contribution >= 4 is 29.1 Å². The lowest BCUT2D eigenvalue weighted by molar-refractivity contribution is -0.137. The van der Waals surface area contributed by atoms with Crippen molar-refractivity contribution in [3.63, 3.8) is 0 Å². The quantitative estimate of drug-likeness (QED) is 0.612. The lowest BCUT2D eigenvalue weighted by Crippen LogP contribution is -2.32. The third-order valence-electron chi connectivity index (χ3n) is 3.80. The molecule has 0 saturated carbocycles. The monoisotopic (exact) mass is 403 g/mol. The van der Waals surface area contributed by atoms with E-state index in [0.717, 1.165) is 19.1 Å². The molecule has 1 atom stereocenters. The molecule has 148 valence electrons. The summed E-state index contributed by atoms with van der Waals surface area (Å²) in [5.41, 5.74) is -1.35. The maximum Gasteiger partial charge on any atom is 0.418 e. The van der Waals surface area contributed by atoms with Crippen LogP contribution in [0.25, 0.3) is 0 Å². The minimum atomic E-state index is -4.67. The molecule has 1 unspecified atom stereocenters. The number of urea groups is 1. The fourth-order valence-electron chi connectivity index (χ4n) is 2.47. The van der Waals surface area contributed by atoms with Crippen LogP contribution in [0, 0.1) is 0 Å². The molecule has 1 aliphatic heterocycles. The van der Waals surface area contributed by atoms with Gasteiger partial charge in [-0.15, -0.1) is 0 Å². The molecule has 0 aliphatic carbocycles. The van der Waals surface area contributed by atoms with Crippen molar-refractivity contribution in [1.29, 1.82) is 0 Å². The molecule has 0 spiro atoms. The number of rotatable bonds is 5. The molecule has 3 amide bonds. The van der Waals surface area contributed by atoms with Gasteiger partial charge in [0.1, 0.15) is 0 Å². The summed E-state index contributed by atoms with van der Waals surface area (Å²) in [5, 5.41) is 9.96. The number of halogens is 3. The fourth-order valence-corrected chi connectivity index (χ4v) is 2.47. The van der Waals surface area contributed by atoms with Crippen LogP contribution in [0.4, 0.5) is 29.3 Å². The van der Waals surface area contributed by atoms with Crippen molar-refractivity contribution < 1.29 is 27.6 Å². The molecule has 0 aromatic heterocycles. The number of fused-ring (bicyclic) bond motifs is 1. The summed E-state index contributed by atoms with van der Waals surface area (Å²) in [5.74, 6) is -1.61. The summed E-state index contributed by atoms with van der Waals surface area (Å²) >= 11 is 0. The van der Waals surface area contributed by atoms with E-state index in [-0.39, 0.29) is 11.0 Å². The number of carbonyl (C=O) groups is 3. The predicted octanol–water partition coefficient (Wildman–Crippen LogP) is 2.76. The smallest absolute Gasteiger partial charge is 0.324 e. The first-order chi connectivity index (χ1) is 13.6. The van der Waals surface area contributed by atoms with Crippen molar-refractivity contribution in [2.45, 2.75) is 19.1 Å². The molecule has 8 nitrogen and oxygen atoms in total. The van der Waals surface area contributed by atoms with Crippen molar-refractivity contribution in [1.82, 2.24) is 0 Å². The van der Waals surface area contributed by atoms with Crippen LogP contribution in [-0.2, 0) is 15.8 Å². The number of nitrogens with zero attached hydrogens (tertiary/aromatic N) is 4. The SMILES string of the molecule is CC(=O)C(N=Nc1ccccc1C(F)(F)F)C(=O)Nc1ccc2c(c1)=NC(=O)N=2. The van der Waals surface area contributed by atoms with E-state index < -0.39 is 41.2 Å². The van der Waals surface area contributed by atoms with Crippen LogP contribution >= 0.6 is 0 Å². The predicted molar refractivity (Wildman–Crippen MR) is 93.2 cm³/mol. The summed E-state index contributed by atoms with van der Waals surface area (Å²) in [6.07, 6.45) is -4.67. The summed E-state index contributed by atoms with van der Waals surface area (Å²) in [4.78, 5) is 42.6. The van der Waals surface area contributed by atoms with E-state index in [0.29, 0.717) is 5.36 Å². The fraction of sp³-hybridized carbons (Fsp3) is 0.167. The molecule has 1 N–H and O–H groups in total. The number of benzene rings is 2. The van der Waals surface area contributed by atoms with E-state index in [1.165, 1.54) is 30.3 Å². The van der Waals surface area contributed by atoms with Gasteiger partial charge in [0.05, 0.1) is 22.0 Å². The number of Topliss-reactive ketones (excluding diaryl/α,β-unsaturated/α-hetero) is 1. The van der Waals surface area contributed by atoms with Gasteiger partial charge in [-0.05, 0) is 37.3 Å². The molecule has 11 heteroatoms. The van der Waals surface area contributed by atoms with Crippen LogP contribution in [-0.4, -0.2) is 23.8 Å². The molecular formula is C18H12F3N5O3. The molecule has 0 bridgehead atoms. The number of alkyl halides is 3. The Labute approximate surface area is 160 Å². The Morgan fingerprint density at radius 2 is 1.76 bits per heavy atom. The highest BCUT2D eigenvalue weighted by Crippen LogP contribution is 2.36. The second-order valence-electron chi connectivity index (χ2n) is 5.94. The maximum absolute atomic E-state index is 13.0. The van der Waals surface area contributed by atoms with Gasteiger partial charge in [-0.1, -0.05) is 12.1 Å². The van der Waals surface area contributed by atoms with Crippen LogP contribution in [0.3, 0.4) is 0 Å². The Hall–Kier alpha value is -3.76. The van der Waals surface area contributed by atoms with Gasteiger partial charge in [-0.25, -0.2) is 4.79 Å². The summed E-state index contributed by atoms with van der Waals surface area (Å²) in [6.45, 7) is 1.06. The van der Waals surface area contributed by atoms with Crippen LogP contribution in [0.15, 0.2) is 62.7 Å². The van der Waals surface area contributed by atoms with Crippen molar-refractivity contribution in [2.75, 3.05) is 5.32 Å². The number of ketones is 1. The number of anilines is 1. The zero-order chi connectivity index (χ0) is 21.2. The molecule has 0 saturated heterocycles. The van der Waals surface area contributed by atoms with Crippen molar-refractivity contribution in [2.24, 2.45) is 20.2 Å². The van der Waals surface area contributed by atoms with E-state index in [1.54, 1.807) is 0 Å². The average molecular weight is 403 g/mol. The molecule has 3 rings (SSSR count). The van der Waals surface area contributed by atoms with Crippen LogP contribution in [0.1, 0.15) is 12.5 Å². The highest BCUT2D eigenvalue weighted by Gasteiger charge is 2.33. The van der Waals surface area contributed by atoms with Gasteiger partial charge in [-0.2, -0.15) is 33.4 Å². The number of nitrogens with one attached hydrogen (secondary N) is 1. The van der Waals surface area contributed by atoms with Gasteiger partial charge < -0.3 is 5.32 Å². The van der Waals surface area contributed by atoms with Crippen LogP contribution in [0.5, 0.6) is 0 Å². The summed E-state index contributed by atoms with van der Waals surface area (Å²) in [6, 6.07) is 6.32. The Balaban J connectivity index is 1.84. The van der Waals surface area contributed by atoms with Gasteiger partial charge >= 0.3 is 12.2 Å². The minimum Gasteiger partial charge on any atom is -0.324 e. The average Bonchev–Trinajstić information content (AvgIpc) is 3.00. The zero-order valence-electron chi connectivity index (χ0n) is 14.8. The van der Waals surface area contributed by atoms with Gasteiger partial charge in [0.25, 0.3) is 5.91 Å². The first-order valence-electron chi connectivity index (χ1n) is 8.15. The second-order valence-corrected chi connectivity index (χ2v) is 5.94. The van der Waals surface area contributed by atoms with Gasteiger partial charge in [0.15, 0.2) is 5.78 Å². The third-order valence-corrected chi connectivity index (χ3v) is 3.80. The Morgan fingerprint density at radius 1 is 1.07 bits per heavy atom. The van der Waals surface area contributed by atoms with E-state index in [9.17, 15) is 27.6 Å². The minimum absolute atomic E-state index is 0.208. The van der Waals surface area contributed by atoms with E-state index >= 15 is 0 Å². The van der Waals surface area contributed by atoms with Gasteiger partial charge in [0, 0.05) is 5.69 Å². The molecule has 0 radical (unpaired) electrons. The third kappa shape index (κ3) is 4.57. The molecular weight excluding hydrogens is 391 g/mol. The number of amides is 3. The molecule has 2 aromatic rings. The van der Waals surface area contributed by atoms with E-state index in [1.807, 2.05) is 0 Å². The molecule has 0 fully saturated rings. The van der Waals surface area contributed by atoms with E-state index in [4.69, 9.17) is 0 Å². The Kier molecular flexibility index (Phi) is 5.31. The second kappa shape index (κ2) is 7.70.